The number of benzene rings is 2. The van der Waals surface area contributed by atoms with Gasteiger partial charge in [-0.2, -0.15) is 0 Å². The van der Waals surface area contributed by atoms with Crippen LogP contribution in [-0.4, -0.2) is 10.9 Å². The maximum Gasteiger partial charge on any atom is 0.227 e. The van der Waals surface area contributed by atoms with E-state index < -0.39 is 0 Å². The van der Waals surface area contributed by atoms with Gasteiger partial charge in [-0.15, -0.1) is 0 Å². The Morgan fingerprint density at radius 3 is 2.78 bits per heavy atom. The Morgan fingerprint density at radius 2 is 2.04 bits per heavy atom. The van der Waals surface area contributed by atoms with Crippen molar-refractivity contribution in [3.63, 3.8) is 0 Å². The molecule has 0 saturated carbocycles. The first kappa shape index (κ1) is 15.3. The predicted molar refractivity (Wildman–Crippen MR) is 92.3 cm³/mol. The summed E-state index contributed by atoms with van der Waals surface area (Å²) < 4.78 is 5.84. The van der Waals surface area contributed by atoms with Gasteiger partial charge in [-0.25, -0.2) is 4.98 Å². The highest BCUT2D eigenvalue weighted by Gasteiger charge is 2.13. The molecule has 4 nitrogen and oxygen atoms in total. The van der Waals surface area contributed by atoms with Crippen molar-refractivity contribution in [3.8, 4) is 11.5 Å². The van der Waals surface area contributed by atoms with Crippen molar-refractivity contribution in [3.05, 3.63) is 48.0 Å². The summed E-state index contributed by atoms with van der Waals surface area (Å²) in [4.78, 5) is 16.6. The summed E-state index contributed by atoms with van der Waals surface area (Å²) in [6, 6.07) is 13.5. The number of anilines is 1. The number of nitrogens with zero attached hydrogens (tertiary/aromatic N) is 1. The highest BCUT2D eigenvalue weighted by Crippen LogP contribution is 2.28. The maximum atomic E-state index is 12.0. The molecule has 3 rings (SSSR count). The zero-order chi connectivity index (χ0) is 16.4. The Balaban J connectivity index is 1.92. The quantitative estimate of drug-likeness (QED) is 0.754. The number of hydrogen-bond acceptors (Lipinski definition) is 3. The number of aromatic nitrogens is 1. The number of rotatable bonds is 4. The summed E-state index contributed by atoms with van der Waals surface area (Å²) in [7, 11) is 0. The Bertz CT molecular complexity index is 851. The number of fused-ring (bicyclic) bond motifs is 1. The van der Waals surface area contributed by atoms with Crippen LogP contribution in [0, 0.1) is 12.8 Å². The summed E-state index contributed by atoms with van der Waals surface area (Å²) in [6.45, 7) is 5.95. The molecular formula is C19H20N2O2. The normalized spacial score (nSPS) is 12.3. The van der Waals surface area contributed by atoms with Gasteiger partial charge in [0, 0.05) is 17.2 Å². The minimum absolute atomic E-state index is 0.00876. The Hall–Kier alpha value is -2.62. The van der Waals surface area contributed by atoms with Crippen LogP contribution in [0.3, 0.4) is 0 Å². The Morgan fingerprint density at radius 1 is 1.26 bits per heavy atom. The van der Waals surface area contributed by atoms with Crippen molar-refractivity contribution >= 4 is 22.7 Å². The Labute approximate surface area is 135 Å². The minimum Gasteiger partial charge on any atom is -0.436 e. The molecule has 0 radical (unpaired) electrons. The van der Waals surface area contributed by atoms with E-state index in [2.05, 4.69) is 10.3 Å². The van der Waals surface area contributed by atoms with E-state index in [1.54, 1.807) is 0 Å². The van der Waals surface area contributed by atoms with E-state index >= 15 is 0 Å². The van der Waals surface area contributed by atoms with Gasteiger partial charge in [0.2, 0.25) is 11.8 Å². The molecule has 0 unspecified atom stereocenters. The first-order valence-electron chi connectivity index (χ1n) is 7.86. The third kappa shape index (κ3) is 3.11. The average Bonchev–Trinajstić information content (AvgIpc) is 2.97. The van der Waals surface area contributed by atoms with E-state index in [0.29, 0.717) is 11.5 Å². The van der Waals surface area contributed by atoms with Crippen molar-refractivity contribution in [2.24, 2.45) is 5.92 Å². The van der Waals surface area contributed by atoms with Crippen molar-refractivity contribution in [2.75, 3.05) is 5.32 Å². The zero-order valence-corrected chi connectivity index (χ0v) is 13.6. The minimum atomic E-state index is -0.00876. The maximum absolute atomic E-state index is 12.0. The molecule has 0 aliphatic rings. The van der Waals surface area contributed by atoms with Crippen molar-refractivity contribution in [1.29, 1.82) is 0 Å². The van der Waals surface area contributed by atoms with Crippen LogP contribution in [-0.2, 0) is 4.79 Å². The molecule has 1 heterocycles. The number of carbonyl (C=O) groups excluding carboxylic acids is 1. The van der Waals surface area contributed by atoms with Crippen LogP contribution in [0.1, 0.15) is 25.8 Å². The van der Waals surface area contributed by atoms with Gasteiger partial charge in [0.05, 0.1) is 0 Å². The second-order valence-electron chi connectivity index (χ2n) is 5.81. The van der Waals surface area contributed by atoms with Gasteiger partial charge in [0.1, 0.15) is 5.52 Å². The summed E-state index contributed by atoms with van der Waals surface area (Å²) >= 11 is 0. The molecule has 4 heteroatoms. The highest BCUT2D eigenvalue weighted by molar-refractivity contribution is 5.94. The van der Waals surface area contributed by atoms with Gasteiger partial charge in [0.25, 0.3) is 0 Å². The third-order valence-electron chi connectivity index (χ3n) is 4.09. The molecule has 1 N–H and O–H groups in total. The second-order valence-corrected chi connectivity index (χ2v) is 5.81. The van der Waals surface area contributed by atoms with Gasteiger partial charge in [-0.3, -0.25) is 4.79 Å². The lowest BCUT2D eigenvalue weighted by Gasteiger charge is -2.09. The number of carbonyl (C=O) groups is 1. The molecule has 2 aromatic carbocycles. The molecule has 1 atom stereocenters. The van der Waals surface area contributed by atoms with E-state index in [4.69, 9.17) is 4.42 Å². The number of amides is 1. The molecule has 0 spiro atoms. The average molecular weight is 308 g/mol. The zero-order valence-electron chi connectivity index (χ0n) is 13.6. The van der Waals surface area contributed by atoms with Crippen LogP contribution in [0.5, 0.6) is 0 Å². The lowest BCUT2D eigenvalue weighted by molar-refractivity contribution is -0.119. The van der Waals surface area contributed by atoms with Crippen LogP contribution in [0.2, 0.25) is 0 Å². The third-order valence-corrected chi connectivity index (χ3v) is 4.09. The topological polar surface area (TPSA) is 55.1 Å². The summed E-state index contributed by atoms with van der Waals surface area (Å²) in [5, 5.41) is 2.92. The molecule has 0 saturated heterocycles. The molecule has 0 aliphatic heterocycles. The van der Waals surface area contributed by atoms with E-state index in [9.17, 15) is 4.79 Å². The molecule has 23 heavy (non-hydrogen) atoms. The monoisotopic (exact) mass is 308 g/mol. The van der Waals surface area contributed by atoms with E-state index in [-0.39, 0.29) is 11.8 Å². The second kappa shape index (κ2) is 6.24. The van der Waals surface area contributed by atoms with Gasteiger partial charge < -0.3 is 9.73 Å². The van der Waals surface area contributed by atoms with Gasteiger partial charge >= 0.3 is 0 Å². The number of nitrogens with one attached hydrogen (secondary N) is 1. The van der Waals surface area contributed by atoms with Crippen LogP contribution in [0.4, 0.5) is 5.69 Å². The first-order chi connectivity index (χ1) is 11.1. The van der Waals surface area contributed by atoms with Crippen LogP contribution < -0.4 is 5.32 Å². The van der Waals surface area contributed by atoms with Crippen molar-refractivity contribution < 1.29 is 9.21 Å². The number of hydrogen-bond donors (Lipinski definition) is 1. The van der Waals surface area contributed by atoms with Crippen molar-refractivity contribution in [2.45, 2.75) is 27.2 Å². The SMILES string of the molecule is CC[C@@H](C)C(=O)Nc1ccc2oc(-c3ccccc3C)nc2c1. The fraction of sp³-hybridized carbons (Fsp3) is 0.263. The molecule has 118 valence electrons. The molecule has 0 fully saturated rings. The number of oxazole rings is 1. The Kier molecular flexibility index (Phi) is 4.15. The summed E-state index contributed by atoms with van der Waals surface area (Å²) in [6.07, 6.45) is 0.815. The highest BCUT2D eigenvalue weighted by atomic mass is 16.3. The number of aryl methyl sites for hydroxylation is 1. The lowest BCUT2D eigenvalue weighted by Crippen LogP contribution is -2.19. The largest absolute Gasteiger partial charge is 0.436 e. The fourth-order valence-electron chi connectivity index (χ4n) is 2.38. The van der Waals surface area contributed by atoms with Crippen molar-refractivity contribution in [1.82, 2.24) is 4.98 Å². The van der Waals surface area contributed by atoms with Crippen LogP contribution in [0.25, 0.3) is 22.6 Å². The lowest BCUT2D eigenvalue weighted by atomic mass is 10.1. The van der Waals surface area contributed by atoms with E-state index in [0.717, 1.165) is 28.8 Å². The van der Waals surface area contributed by atoms with Gasteiger partial charge in [-0.1, -0.05) is 32.0 Å². The molecule has 0 aliphatic carbocycles. The summed E-state index contributed by atoms with van der Waals surface area (Å²) in [5.41, 5.74) is 4.29. The van der Waals surface area contributed by atoms with Gasteiger partial charge in [-0.05, 0) is 43.2 Å². The molecule has 0 bridgehead atoms. The van der Waals surface area contributed by atoms with Gasteiger partial charge in [0.15, 0.2) is 5.58 Å². The fourth-order valence-corrected chi connectivity index (χ4v) is 2.38. The van der Waals surface area contributed by atoms with E-state index in [1.165, 1.54) is 0 Å². The smallest absolute Gasteiger partial charge is 0.227 e. The first-order valence-corrected chi connectivity index (χ1v) is 7.86. The molecule has 1 amide bonds. The van der Waals surface area contributed by atoms with Crippen LogP contribution >= 0.6 is 0 Å². The van der Waals surface area contributed by atoms with E-state index in [1.807, 2.05) is 63.2 Å². The standard InChI is InChI=1S/C19H20N2O2/c1-4-12(2)18(22)20-14-9-10-17-16(11-14)21-19(23-17)15-8-6-5-7-13(15)3/h5-12H,4H2,1-3H3,(H,20,22)/t12-/m1/s1. The summed E-state index contributed by atoms with van der Waals surface area (Å²) in [5.74, 6) is 0.614. The molecule has 1 aromatic heterocycles. The predicted octanol–water partition coefficient (Wildman–Crippen LogP) is 4.79. The molecule has 3 aromatic rings. The molecular weight excluding hydrogens is 288 g/mol. The van der Waals surface area contributed by atoms with Crippen LogP contribution in [0.15, 0.2) is 46.9 Å².